The van der Waals surface area contributed by atoms with E-state index in [1.807, 2.05) is 0 Å². The van der Waals surface area contributed by atoms with E-state index in [2.05, 4.69) is 0 Å². The number of aromatic hydroxyl groups is 1. The molecule has 0 saturated carbocycles. The first-order valence-electron chi connectivity index (χ1n) is 8.62. The van der Waals surface area contributed by atoms with Gasteiger partial charge in [-0.25, -0.2) is 0 Å². The van der Waals surface area contributed by atoms with Gasteiger partial charge in [-0.2, -0.15) is 0 Å². The van der Waals surface area contributed by atoms with Crippen molar-refractivity contribution in [3.8, 4) is 23.0 Å². The number of carbonyl (C=O) groups excluding carboxylic acids is 1. The van der Waals surface area contributed by atoms with Gasteiger partial charge in [0.15, 0.2) is 28.8 Å². The molecule has 0 spiro atoms. The summed E-state index contributed by atoms with van der Waals surface area (Å²) in [7, 11) is 4.39. The number of phenolic OH excluding ortho intramolecular Hbond substituents is 1. The van der Waals surface area contributed by atoms with Crippen LogP contribution >= 0.6 is 0 Å². The van der Waals surface area contributed by atoms with Gasteiger partial charge in [-0.1, -0.05) is 12.1 Å². The SMILES string of the molecule is COc1cc(C2C(=O)C=C(O)C2C(O)c2ccc(OC)c(OC)c2)ccc1O. The second-order valence-electron chi connectivity index (χ2n) is 6.47. The molecule has 0 bridgehead atoms. The number of phenols is 1. The van der Waals surface area contributed by atoms with E-state index in [-0.39, 0.29) is 23.0 Å². The lowest BCUT2D eigenvalue weighted by molar-refractivity contribution is -0.116. The molecule has 0 aliphatic heterocycles. The van der Waals surface area contributed by atoms with E-state index in [9.17, 15) is 20.1 Å². The number of ketones is 1. The maximum atomic E-state index is 12.5. The van der Waals surface area contributed by atoms with Gasteiger partial charge in [-0.3, -0.25) is 4.79 Å². The maximum Gasteiger partial charge on any atom is 0.167 e. The predicted octanol–water partition coefficient (Wildman–Crippen LogP) is 2.88. The van der Waals surface area contributed by atoms with Crippen molar-refractivity contribution in [2.45, 2.75) is 12.0 Å². The second-order valence-corrected chi connectivity index (χ2v) is 6.47. The smallest absolute Gasteiger partial charge is 0.167 e. The highest BCUT2D eigenvalue weighted by Crippen LogP contribution is 2.46. The molecular weight excluding hydrogens is 364 g/mol. The molecule has 0 amide bonds. The molecule has 0 fully saturated rings. The van der Waals surface area contributed by atoms with Gasteiger partial charge >= 0.3 is 0 Å². The Hall–Kier alpha value is -3.19. The zero-order chi connectivity index (χ0) is 20.4. The van der Waals surface area contributed by atoms with Gasteiger partial charge in [-0.05, 0) is 35.4 Å². The van der Waals surface area contributed by atoms with Crippen LogP contribution in [0, 0.1) is 5.92 Å². The Kier molecular flexibility index (Phi) is 5.46. The van der Waals surface area contributed by atoms with Crippen molar-refractivity contribution in [1.29, 1.82) is 0 Å². The lowest BCUT2D eigenvalue weighted by atomic mass is 9.81. The molecule has 1 aliphatic carbocycles. The minimum absolute atomic E-state index is 0.0640. The lowest BCUT2D eigenvalue weighted by Gasteiger charge is -2.26. The fourth-order valence-corrected chi connectivity index (χ4v) is 3.53. The number of benzene rings is 2. The third kappa shape index (κ3) is 3.36. The normalized spacial score (nSPS) is 19.9. The zero-order valence-corrected chi connectivity index (χ0v) is 15.7. The highest BCUT2D eigenvalue weighted by atomic mass is 16.5. The lowest BCUT2D eigenvalue weighted by Crippen LogP contribution is -2.22. The number of ether oxygens (including phenoxy) is 3. The summed E-state index contributed by atoms with van der Waals surface area (Å²) in [6, 6.07) is 9.41. The maximum absolute atomic E-state index is 12.5. The number of carbonyl (C=O) groups is 1. The monoisotopic (exact) mass is 386 g/mol. The molecule has 0 radical (unpaired) electrons. The van der Waals surface area contributed by atoms with Crippen LogP contribution in [0.5, 0.6) is 23.0 Å². The van der Waals surface area contributed by atoms with Crippen LogP contribution in [-0.4, -0.2) is 42.4 Å². The Morgan fingerprint density at radius 3 is 2.21 bits per heavy atom. The van der Waals surface area contributed by atoms with Gasteiger partial charge in [0, 0.05) is 6.08 Å². The summed E-state index contributed by atoms with van der Waals surface area (Å²) in [4.78, 5) is 12.5. The largest absolute Gasteiger partial charge is 0.512 e. The molecule has 0 heterocycles. The van der Waals surface area contributed by atoms with Crippen LogP contribution < -0.4 is 14.2 Å². The minimum atomic E-state index is -1.17. The Morgan fingerprint density at radius 2 is 1.57 bits per heavy atom. The molecule has 0 aromatic heterocycles. The van der Waals surface area contributed by atoms with Crippen molar-refractivity contribution < 1.29 is 34.3 Å². The van der Waals surface area contributed by atoms with Gasteiger partial charge in [0.25, 0.3) is 0 Å². The quantitative estimate of drug-likeness (QED) is 0.701. The first kappa shape index (κ1) is 19.6. The van der Waals surface area contributed by atoms with Gasteiger partial charge < -0.3 is 29.5 Å². The number of aliphatic hydroxyl groups excluding tert-OH is 2. The Balaban J connectivity index is 2.01. The van der Waals surface area contributed by atoms with Gasteiger partial charge in [0.2, 0.25) is 0 Å². The van der Waals surface area contributed by atoms with E-state index < -0.39 is 17.9 Å². The third-order valence-corrected chi connectivity index (χ3v) is 4.95. The van der Waals surface area contributed by atoms with Crippen molar-refractivity contribution in [1.82, 2.24) is 0 Å². The first-order valence-corrected chi connectivity index (χ1v) is 8.62. The molecule has 148 valence electrons. The second kappa shape index (κ2) is 7.82. The number of methoxy groups -OCH3 is 3. The van der Waals surface area contributed by atoms with Gasteiger partial charge in [0.05, 0.1) is 39.3 Å². The highest BCUT2D eigenvalue weighted by molar-refractivity contribution is 5.99. The summed E-state index contributed by atoms with van der Waals surface area (Å²) < 4.78 is 15.6. The highest BCUT2D eigenvalue weighted by Gasteiger charge is 2.42. The number of aliphatic hydroxyl groups is 2. The van der Waals surface area contributed by atoms with Crippen molar-refractivity contribution in [3.63, 3.8) is 0 Å². The molecule has 7 heteroatoms. The Bertz CT molecular complexity index is 919. The number of hydrogen-bond donors (Lipinski definition) is 3. The van der Waals surface area contributed by atoms with Crippen molar-refractivity contribution in [3.05, 3.63) is 59.4 Å². The van der Waals surface area contributed by atoms with Crippen molar-refractivity contribution in [2.75, 3.05) is 21.3 Å². The minimum Gasteiger partial charge on any atom is -0.512 e. The van der Waals surface area contributed by atoms with Gasteiger partial charge in [0.1, 0.15) is 5.76 Å². The van der Waals surface area contributed by atoms with Crippen LogP contribution in [0.2, 0.25) is 0 Å². The summed E-state index contributed by atoms with van der Waals surface area (Å²) in [5, 5.41) is 31.2. The van der Waals surface area contributed by atoms with Gasteiger partial charge in [-0.15, -0.1) is 0 Å². The van der Waals surface area contributed by atoms with Crippen LogP contribution in [0.3, 0.4) is 0 Å². The predicted molar refractivity (Wildman–Crippen MR) is 101 cm³/mol. The van der Waals surface area contributed by atoms with E-state index in [1.54, 1.807) is 24.3 Å². The fraction of sp³-hybridized carbons (Fsp3) is 0.286. The molecule has 7 nitrogen and oxygen atoms in total. The van der Waals surface area contributed by atoms with Crippen molar-refractivity contribution in [2.24, 2.45) is 5.92 Å². The number of hydrogen-bond acceptors (Lipinski definition) is 7. The molecule has 3 unspecified atom stereocenters. The molecule has 1 aliphatic rings. The molecule has 2 aromatic rings. The molecule has 3 rings (SSSR count). The van der Waals surface area contributed by atoms with E-state index in [1.165, 1.54) is 33.5 Å². The number of rotatable bonds is 6. The first-order chi connectivity index (χ1) is 13.4. The number of allylic oxidation sites excluding steroid dienone is 1. The van der Waals surface area contributed by atoms with Crippen LogP contribution in [0.25, 0.3) is 0 Å². The van der Waals surface area contributed by atoms with Crippen molar-refractivity contribution >= 4 is 5.78 Å². The topological polar surface area (TPSA) is 105 Å². The molecule has 28 heavy (non-hydrogen) atoms. The molecule has 2 aromatic carbocycles. The average Bonchev–Trinajstić information content (AvgIpc) is 3.00. The summed E-state index contributed by atoms with van der Waals surface area (Å²) in [6.45, 7) is 0. The van der Waals surface area contributed by atoms with E-state index in [0.29, 0.717) is 22.6 Å². The van der Waals surface area contributed by atoms with Crippen LogP contribution in [0.1, 0.15) is 23.1 Å². The Morgan fingerprint density at radius 1 is 0.893 bits per heavy atom. The van der Waals surface area contributed by atoms with E-state index in [4.69, 9.17) is 14.2 Å². The molecular formula is C21H22O7. The third-order valence-electron chi connectivity index (χ3n) is 4.95. The molecule has 3 atom stereocenters. The Labute approximate surface area is 162 Å². The van der Waals surface area contributed by atoms with E-state index in [0.717, 1.165) is 6.08 Å². The fourth-order valence-electron chi connectivity index (χ4n) is 3.53. The van der Waals surface area contributed by atoms with Crippen LogP contribution in [0.15, 0.2) is 48.2 Å². The summed E-state index contributed by atoms with van der Waals surface area (Å²) in [6.07, 6.45) is -0.0501. The summed E-state index contributed by atoms with van der Waals surface area (Å²) in [5.74, 6) is -1.19. The summed E-state index contributed by atoms with van der Waals surface area (Å²) >= 11 is 0. The average molecular weight is 386 g/mol. The molecule has 0 saturated heterocycles. The molecule has 3 N–H and O–H groups in total. The van der Waals surface area contributed by atoms with Crippen LogP contribution in [0.4, 0.5) is 0 Å². The van der Waals surface area contributed by atoms with E-state index >= 15 is 0 Å². The standard InChI is InChI=1S/C21H22O7/c1-26-16-7-5-12(9-18(16)28-3)21(25)20-15(24)10-14(23)19(20)11-4-6-13(22)17(8-11)27-2/h4-10,19-22,24-25H,1-3H3. The summed E-state index contributed by atoms with van der Waals surface area (Å²) in [5.41, 5.74) is 0.984. The van der Waals surface area contributed by atoms with Crippen LogP contribution in [-0.2, 0) is 4.79 Å². The zero-order valence-electron chi connectivity index (χ0n) is 15.7.